The van der Waals surface area contributed by atoms with Crippen molar-refractivity contribution in [2.75, 3.05) is 13.1 Å². The molecule has 3 rings (SSSR count). The number of benzene rings is 2. The molecule has 0 aromatic heterocycles. The quantitative estimate of drug-likeness (QED) is 0.860. The van der Waals surface area contributed by atoms with E-state index in [4.69, 9.17) is 16.3 Å². The molecule has 0 spiro atoms. The zero-order chi connectivity index (χ0) is 14.7. The first-order chi connectivity index (χ1) is 10.2. The van der Waals surface area contributed by atoms with Crippen LogP contribution in [0.3, 0.4) is 0 Å². The number of rotatable bonds is 4. The van der Waals surface area contributed by atoms with E-state index in [9.17, 15) is 4.79 Å². The number of carbonyl (C=O) groups excluding carboxylic acids is 1. The molecule has 5 heteroatoms. The van der Waals surface area contributed by atoms with Gasteiger partial charge in [-0.3, -0.25) is 0 Å². The molecule has 1 fully saturated rings. The van der Waals surface area contributed by atoms with E-state index in [1.807, 2.05) is 42.5 Å². The molecule has 1 aliphatic rings. The van der Waals surface area contributed by atoms with Gasteiger partial charge in [-0.05, 0) is 29.8 Å². The number of esters is 1. The Morgan fingerprint density at radius 2 is 1.73 bits per heavy atom. The number of carbonyl (C=O) groups is 1. The molecule has 1 aliphatic heterocycles. The summed E-state index contributed by atoms with van der Waals surface area (Å²) in [4.78, 5) is 12.3. The van der Waals surface area contributed by atoms with Gasteiger partial charge in [0.15, 0.2) is 0 Å². The Bertz CT molecular complexity index is 612. The number of nitrogens with one attached hydrogen (secondary N) is 1. The number of hydrogen-bond acceptors (Lipinski definition) is 3. The number of halogens is 2. The van der Waals surface area contributed by atoms with Gasteiger partial charge in [0.05, 0.1) is 5.56 Å². The molecule has 0 amide bonds. The van der Waals surface area contributed by atoms with E-state index in [0.29, 0.717) is 16.5 Å². The fraction of sp³-hybridized carbons (Fsp3) is 0.235. The molecule has 0 bridgehead atoms. The number of hydrogen-bond donors (Lipinski definition) is 1. The lowest BCUT2D eigenvalue weighted by Gasteiger charge is -2.34. The fourth-order valence-electron chi connectivity index (χ4n) is 2.37. The Kier molecular flexibility index (Phi) is 5.83. The lowest BCUT2D eigenvalue weighted by atomic mass is 9.91. The van der Waals surface area contributed by atoms with Crippen LogP contribution < -0.4 is 5.32 Å². The lowest BCUT2D eigenvalue weighted by molar-refractivity contribution is 0.00393. The third-order valence-electron chi connectivity index (χ3n) is 3.68. The predicted molar refractivity (Wildman–Crippen MR) is 89.7 cm³/mol. The topological polar surface area (TPSA) is 38.3 Å². The summed E-state index contributed by atoms with van der Waals surface area (Å²) in [5.74, 6) is 0.0151. The smallest absolute Gasteiger partial charge is 0.338 e. The first-order valence-electron chi connectivity index (χ1n) is 6.96. The van der Waals surface area contributed by atoms with Crippen LogP contribution in [0.1, 0.15) is 22.0 Å². The van der Waals surface area contributed by atoms with Crippen LogP contribution >= 0.6 is 24.0 Å². The van der Waals surface area contributed by atoms with Gasteiger partial charge >= 0.3 is 5.97 Å². The maximum Gasteiger partial charge on any atom is 0.338 e. The summed E-state index contributed by atoms with van der Waals surface area (Å²) >= 11 is 5.93. The van der Waals surface area contributed by atoms with E-state index < -0.39 is 0 Å². The monoisotopic (exact) mass is 337 g/mol. The van der Waals surface area contributed by atoms with Crippen molar-refractivity contribution < 1.29 is 9.53 Å². The van der Waals surface area contributed by atoms with E-state index >= 15 is 0 Å². The highest BCUT2D eigenvalue weighted by molar-refractivity contribution is 6.30. The minimum absolute atomic E-state index is 0. The first kappa shape index (κ1) is 16.8. The summed E-state index contributed by atoms with van der Waals surface area (Å²) < 4.78 is 5.74. The van der Waals surface area contributed by atoms with Crippen molar-refractivity contribution in [1.82, 2.24) is 5.32 Å². The Labute approximate surface area is 141 Å². The Morgan fingerprint density at radius 1 is 1.09 bits per heavy atom. The first-order valence-corrected chi connectivity index (χ1v) is 7.34. The molecule has 1 N–H and O–H groups in total. The van der Waals surface area contributed by atoms with E-state index in [1.165, 1.54) is 0 Å². The van der Waals surface area contributed by atoms with Crippen LogP contribution in [0.5, 0.6) is 0 Å². The van der Waals surface area contributed by atoms with E-state index in [1.54, 1.807) is 12.1 Å². The van der Waals surface area contributed by atoms with Crippen molar-refractivity contribution >= 4 is 30.0 Å². The molecule has 3 nitrogen and oxygen atoms in total. The molecule has 1 saturated heterocycles. The highest BCUT2D eigenvalue weighted by Crippen LogP contribution is 2.30. The van der Waals surface area contributed by atoms with Crippen LogP contribution in [-0.4, -0.2) is 19.1 Å². The van der Waals surface area contributed by atoms with Gasteiger partial charge in [0.25, 0.3) is 0 Å². The molecule has 1 heterocycles. The van der Waals surface area contributed by atoms with Gasteiger partial charge in [-0.15, -0.1) is 12.4 Å². The molecule has 2 aromatic carbocycles. The normalized spacial score (nSPS) is 15.3. The molecule has 1 atom stereocenters. The zero-order valence-corrected chi connectivity index (χ0v) is 13.4. The van der Waals surface area contributed by atoms with Crippen LogP contribution in [0.4, 0.5) is 0 Å². The van der Waals surface area contributed by atoms with Crippen LogP contribution in [0.2, 0.25) is 5.02 Å². The maximum atomic E-state index is 12.3. The maximum absolute atomic E-state index is 12.3. The van der Waals surface area contributed by atoms with Crippen molar-refractivity contribution in [2.45, 2.75) is 6.10 Å². The number of ether oxygens (including phenoxy) is 1. The summed E-state index contributed by atoms with van der Waals surface area (Å²) in [6.45, 7) is 1.71. The van der Waals surface area contributed by atoms with Gasteiger partial charge in [0.2, 0.25) is 0 Å². The van der Waals surface area contributed by atoms with Gasteiger partial charge in [-0.25, -0.2) is 4.79 Å². The average Bonchev–Trinajstić information content (AvgIpc) is 2.46. The van der Waals surface area contributed by atoms with Crippen molar-refractivity contribution in [3.05, 3.63) is 70.7 Å². The van der Waals surface area contributed by atoms with E-state index in [-0.39, 0.29) is 24.5 Å². The van der Waals surface area contributed by atoms with Gasteiger partial charge in [0.1, 0.15) is 6.10 Å². The van der Waals surface area contributed by atoms with Crippen LogP contribution in [-0.2, 0) is 4.74 Å². The van der Waals surface area contributed by atoms with Crippen LogP contribution in [0.25, 0.3) is 0 Å². The largest absolute Gasteiger partial charge is 0.453 e. The van der Waals surface area contributed by atoms with Gasteiger partial charge in [0, 0.05) is 24.0 Å². The second-order valence-corrected chi connectivity index (χ2v) is 5.60. The van der Waals surface area contributed by atoms with E-state index in [2.05, 4.69) is 5.32 Å². The summed E-state index contributed by atoms with van der Waals surface area (Å²) in [5, 5.41) is 3.90. The van der Waals surface area contributed by atoms with Crippen molar-refractivity contribution in [3.8, 4) is 0 Å². The average molecular weight is 338 g/mol. The van der Waals surface area contributed by atoms with Crippen molar-refractivity contribution in [2.24, 2.45) is 5.92 Å². The minimum Gasteiger partial charge on any atom is -0.453 e. The third-order valence-corrected chi connectivity index (χ3v) is 3.94. The molecule has 0 aliphatic carbocycles. The highest BCUT2D eigenvalue weighted by Gasteiger charge is 2.31. The lowest BCUT2D eigenvalue weighted by Crippen LogP contribution is -2.46. The third kappa shape index (κ3) is 3.80. The summed E-state index contributed by atoms with van der Waals surface area (Å²) in [7, 11) is 0. The molecular weight excluding hydrogens is 321 g/mol. The predicted octanol–water partition coefficient (Wildman–Crippen LogP) is 3.88. The Balaban J connectivity index is 0.00000176. The summed E-state index contributed by atoms with van der Waals surface area (Å²) in [6, 6.07) is 16.6. The molecule has 0 unspecified atom stereocenters. The standard InChI is InChI=1S/C17H16ClNO2.ClH/c18-15-8-6-12(7-9-15)16(14-10-19-11-14)21-17(20)13-4-2-1-3-5-13;/h1-9,14,16,19H,10-11H2;1H/t16-;/m0./s1. The molecule has 0 saturated carbocycles. The molecular formula is C17H17Cl2NO2. The second-order valence-electron chi connectivity index (χ2n) is 5.16. The minimum atomic E-state index is -0.289. The molecule has 22 heavy (non-hydrogen) atoms. The highest BCUT2D eigenvalue weighted by atomic mass is 35.5. The van der Waals surface area contributed by atoms with Crippen LogP contribution in [0.15, 0.2) is 54.6 Å². The van der Waals surface area contributed by atoms with Crippen LogP contribution in [0, 0.1) is 5.92 Å². The van der Waals surface area contributed by atoms with Crippen molar-refractivity contribution in [1.29, 1.82) is 0 Å². The Morgan fingerprint density at radius 3 is 2.27 bits per heavy atom. The molecule has 0 radical (unpaired) electrons. The summed E-state index contributed by atoms with van der Waals surface area (Å²) in [6.07, 6.45) is -0.240. The van der Waals surface area contributed by atoms with E-state index in [0.717, 1.165) is 18.7 Å². The molecule has 116 valence electrons. The second kappa shape index (κ2) is 7.63. The SMILES string of the molecule is Cl.O=C(O[C@@H](c1ccc(Cl)cc1)C1CNC1)c1ccccc1. The Hall–Kier alpha value is -1.55. The fourth-order valence-corrected chi connectivity index (χ4v) is 2.50. The van der Waals surface area contributed by atoms with Gasteiger partial charge in [-0.1, -0.05) is 41.9 Å². The summed E-state index contributed by atoms with van der Waals surface area (Å²) in [5.41, 5.74) is 1.55. The van der Waals surface area contributed by atoms with Gasteiger partial charge in [-0.2, -0.15) is 0 Å². The van der Waals surface area contributed by atoms with Crippen molar-refractivity contribution in [3.63, 3.8) is 0 Å². The molecule has 2 aromatic rings. The van der Waals surface area contributed by atoms with Gasteiger partial charge < -0.3 is 10.1 Å². The zero-order valence-electron chi connectivity index (χ0n) is 11.9.